The van der Waals surface area contributed by atoms with E-state index in [1.807, 2.05) is 18.2 Å². The topological polar surface area (TPSA) is 54.4 Å². The average Bonchev–Trinajstić information content (AvgIpc) is 2.39. The first-order chi connectivity index (χ1) is 8.20. The molecule has 0 aliphatic heterocycles. The number of carbonyl (C=O) groups is 2. The second-order valence-electron chi connectivity index (χ2n) is 4.57. The van der Waals surface area contributed by atoms with E-state index < -0.39 is 11.9 Å². The zero-order valence-electron chi connectivity index (χ0n) is 9.63. The minimum atomic E-state index is -0.834. The van der Waals surface area contributed by atoms with E-state index in [4.69, 9.17) is 5.11 Å². The standard InChI is InChI=1S/C14H16O3/c15-13(10-6-2-1-3-7-10)11-8-4-5-9-12(11)14(16)17/h1-3,6-7,11-12H,4-5,8-9H2,(H,16,17)/t11-,12-/m0/s1. The van der Waals surface area contributed by atoms with Gasteiger partial charge in [-0.3, -0.25) is 9.59 Å². The summed E-state index contributed by atoms with van der Waals surface area (Å²) < 4.78 is 0. The first-order valence-corrected chi connectivity index (χ1v) is 6.02. The highest BCUT2D eigenvalue weighted by molar-refractivity contribution is 5.99. The van der Waals surface area contributed by atoms with Crippen LogP contribution in [0.15, 0.2) is 30.3 Å². The number of rotatable bonds is 3. The van der Waals surface area contributed by atoms with Crippen LogP contribution in [-0.2, 0) is 4.79 Å². The molecule has 0 amide bonds. The molecular formula is C14H16O3. The molecule has 1 aliphatic carbocycles. The number of hydrogen-bond donors (Lipinski definition) is 1. The Morgan fingerprint density at radius 3 is 2.18 bits per heavy atom. The van der Waals surface area contributed by atoms with E-state index >= 15 is 0 Å². The minimum Gasteiger partial charge on any atom is -0.481 e. The average molecular weight is 232 g/mol. The SMILES string of the molecule is O=C(O)[C@H]1CCCC[C@@H]1C(=O)c1ccccc1. The molecule has 0 saturated heterocycles. The summed E-state index contributed by atoms with van der Waals surface area (Å²) in [6.07, 6.45) is 3.19. The number of ketones is 1. The summed E-state index contributed by atoms with van der Waals surface area (Å²) >= 11 is 0. The van der Waals surface area contributed by atoms with Crippen LogP contribution in [0.25, 0.3) is 0 Å². The zero-order chi connectivity index (χ0) is 12.3. The lowest BCUT2D eigenvalue weighted by molar-refractivity contribution is -0.144. The molecule has 1 aromatic carbocycles. The highest BCUT2D eigenvalue weighted by Crippen LogP contribution is 2.32. The van der Waals surface area contributed by atoms with Gasteiger partial charge in [0.25, 0.3) is 0 Å². The second-order valence-corrected chi connectivity index (χ2v) is 4.57. The normalized spacial score (nSPS) is 24.2. The van der Waals surface area contributed by atoms with Gasteiger partial charge in [-0.05, 0) is 12.8 Å². The van der Waals surface area contributed by atoms with Gasteiger partial charge in [-0.15, -0.1) is 0 Å². The largest absolute Gasteiger partial charge is 0.481 e. The van der Waals surface area contributed by atoms with Crippen molar-refractivity contribution in [2.45, 2.75) is 25.7 Å². The summed E-state index contributed by atoms with van der Waals surface area (Å²) in [5.74, 6) is -1.70. The van der Waals surface area contributed by atoms with Crippen LogP contribution in [0.1, 0.15) is 36.0 Å². The molecule has 0 aromatic heterocycles. The van der Waals surface area contributed by atoms with Gasteiger partial charge in [0.2, 0.25) is 0 Å². The van der Waals surface area contributed by atoms with Crippen LogP contribution in [0.2, 0.25) is 0 Å². The quantitative estimate of drug-likeness (QED) is 0.815. The molecule has 3 heteroatoms. The van der Waals surface area contributed by atoms with E-state index in [0.29, 0.717) is 18.4 Å². The number of carboxylic acids is 1. The molecule has 0 heterocycles. The van der Waals surface area contributed by atoms with Crippen molar-refractivity contribution in [2.75, 3.05) is 0 Å². The van der Waals surface area contributed by atoms with Crippen LogP contribution >= 0.6 is 0 Å². The molecule has 1 N–H and O–H groups in total. The van der Waals surface area contributed by atoms with Gasteiger partial charge in [0.1, 0.15) is 0 Å². The molecule has 0 spiro atoms. The maximum atomic E-state index is 12.3. The third-order valence-electron chi connectivity index (χ3n) is 3.48. The Morgan fingerprint density at radius 1 is 1.00 bits per heavy atom. The van der Waals surface area contributed by atoms with Crippen LogP contribution in [-0.4, -0.2) is 16.9 Å². The van der Waals surface area contributed by atoms with Crippen molar-refractivity contribution in [1.29, 1.82) is 0 Å². The summed E-state index contributed by atoms with van der Waals surface area (Å²) in [7, 11) is 0. The molecule has 0 radical (unpaired) electrons. The molecule has 0 unspecified atom stereocenters. The van der Waals surface area contributed by atoms with Crippen molar-refractivity contribution in [3.05, 3.63) is 35.9 Å². The molecule has 0 bridgehead atoms. The molecule has 1 saturated carbocycles. The van der Waals surface area contributed by atoms with E-state index in [0.717, 1.165) is 12.8 Å². The van der Waals surface area contributed by atoms with Gasteiger partial charge in [0, 0.05) is 11.5 Å². The zero-order valence-corrected chi connectivity index (χ0v) is 9.63. The van der Waals surface area contributed by atoms with Crippen molar-refractivity contribution < 1.29 is 14.7 Å². The summed E-state index contributed by atoms with van der Waals surface area (Å²) in [6.45, 7) is 0. The Bertz CT molecular complexity index is 411. The van der Waals surface area contributed by atoms with Crippen molar-refractivity contribution in [3.8, 4) is 0 Å². The number of Topliss-reactive ketones (excluding diaryl/α,β-unsaturated/α-hetero) is 1. The van der Waals surface area contributed by atoms with E-state index in [1.165, 1.54) is 0 Å². The molecule has 17 heavy (non-hydrogen) atoms. The second kappa shape index (κ2) is 5.13. The van der Waals surface area contributed by atoms with Crippen molar-refractivity contribution in [1.82, 2.24) is 0 Å². The Hall–Kier alpha value is -1.64. The van der Waals surface area contributed by atoms with Gasteiger partial charge in [-0.2, -0.15) is 0 Å². The van der Waals surface area contributed by atoms with E-state index in [1.54, 1.807) is 12.1 Å². The predicted octanol–water partition coefficient (Wildman–Crippen LogP) is 2.76. The maximum Gasteiger partial charge on any atom is 0.307 e. The van der Waals surface area contributed by atoms with Crippen LogP contribution < -0.4 is 0 Å². The van der Waals surface area contributed by atoms with Crippen molar-refractivity contribution in [2.24, 2.45) is 11.8 Å². The van der Waals surface area contributed by atoms with Crippen LogP contribution in [0, 0.1) is 11.8 Å². The molecular weight excluding hydrogens is 216 g/mol. The molecule has 2 atom stereocenters. The summed E-state index contributed by atoms with van der Waals surface area (Å²) in [4.78, 5) is 23.4. The van der Waals surface area contributed by atoms with Gasteiger partial charge in [0.05, 0.1) is 5.92 Å². The first kappa shape index (κ1) is 11.8. The monoisotopic (exact) mass is 232 g/mol. The van der Waals surface area contributed by atoms with Gasteiger partial charge in [0.15, 0.2) is 5.78 Å². The fraction of sp³-hybridized carbons (Fsp3) is 0.429. The van der Waals surface area contributed by atoms with Crippen molar-refractivity contribution in [3.63, 3.8) is 0 Å². The van der Waals surface area contributed by atoms with Gasteiger partial charge in [-0.25, -0.2) is 0 Å². The van der Waals surface area contributed by atoms with E-state index in [9.17, 15) is 9.59 Å². The number of carboxylic acid groups (broad SMARTS) is 1. The lowest BCUT2D eigenvalue weighted by Crippen LogP contribution is -2.32. The van der Waals surface area contributed by atoms with Crippen molar-refractivity contribution >= 4 is 11.8 Å². The van der Waals surface area contributed by atoms with Crippen LogP contribution in [0.5, 0.6) is 0 Å². The number of benzene rings is 1. The number of carbonyl (C=O) groups excluding carboxylic acids is 1. The molecule has 90 valence electrons. The Morgan fingerprint density at radius 2 is 1.59 bits per heavy atom. The third-order valence-corrected chi connectivity index (χ3v) is 3.48. The summed E-state index contributed by atoms with van der Waals surface area (Å²) in [6, 6.07) is 9.00. The van der Waals surface area contributed by atoms with Gasteiger partial charge >= 0.3 is 5.97 Å². The van der Waals surface area contributed by atoms with Gasteiger partial charge in [-0.1, -0.05) is 43.2 Å². The highest BCUT2D eigenvalue weighted by Gasteiger charge is 2.35. The fourth-order valence-electron chi connectivity index (χ4n) is 2.56. The molecule has 1 aliphatic rings. The molecule has 2 rings (SSSR count). The summed E-state index contributed by atoms with van der Waals surface area (Å²) in [5, 5.41) is 9.15. The molecule has 3 nitrogen and oxygen atoms in total. The van der Waals surface area contributed by atoms with E-state index in [-0.39, 0.29) is 11.7 Å². The Balaban J connectivity index is 2.20. The fourth-order valence-corrected chi connectivity index (χ4v) is 2.56. The molecule has 1 aromatic rings. The maximum absolute atomic E-state index is 12.3. The lowest BCUT2D eigenvalue weighted by atomic mass is 9.75. The highest BCUT2D eigenvalue weighted by atomic mass is 16.4. The third kappa shape index (κ3) is 2.54. The Labute approximate surface area is 100 Å². The smallest absolute Gasteiger partial charge is 0.307 e. The van der Waals surface area contributed by atoms with Crippen LogP contribution in [0.3, 0.4) is 0 Å². The number of hydrogen-bond acceptors (Lipinski definition) is 2. The first-order valence-electron chi connectivity index (χ1n) is 6.02. The van der Waals surface area contributed by atoms with Gasteiger partial charge < -0.3 is 5.11 Å². The summed E-state index contributed by atoms with van der Waals surface area (Å²) in [5.41, 5.74) is 0.630. The Kier molecular flexibility index (Phi) is 3.57. The molecule has 1 fully saturated rings. The van der Waals surface area contributed by atoms with E-state index in [2.05, 4.69) is 0 Å². The minimum absolute atomic E-state index is 0.0160. The predicted molar refractivity (Wildman–Crippen MR) is 63.9 cm³/mol. The lowest BCUT2D eigenvalue weighted by Gasteiger charge is -2.27. The number of aliphatic carboxylic acids is 1. The van der Waals surface area contributed by atoms with Crippen LogP contribution in [0.4, 0.5) is 0 Å².